The molecule has 164 valence electrons. The molecule has 0 aromatic carbocycles. The molecular formula is C14H22N4O10S. The average Bonchev–Trinajstić information content (AvgIpc) is 2.62. The second kappa shape index (κ2) is 12.5. The number of nitrogens with one attached hydrogen (secondary N) is 3. The SMILES string of the molecule is NC(CS)C(=O)NC(CO)C(=O)NC(CC(=O)O)C(=O)NC(CC(=O)O)C(=O)O. The highest BCUT2D eigenvalue weighted by Crippen LogP contribution is 2.00. The van der Waals surface area contributed by atoms with E-state index in [1.807, 2.05) is 5.32 Å². The number of hydrogen-bond donors (Lipinski definition) is 9. The van der Waals surface area contributed by atoms with E-state index in [-0.39, 0.29) is 5.75 Å². The normalized spacial score (nSPS) is 14.6. The molecule has 4 unspecified atom stereocenters. The number of amides is 3. The number of hydrogen-bond acceptors (Lipinski definition) is 9. The van der Waals surface area contributed by atoms with Crippen LogP contribution in [0.15, 0.2) is 0 Å². The summed E-state index contributed by atoms with van der Waals surface area (Å²) >= 11 is 3.79. The molecule has 0 aliphatic rings. The minimum atomic E-state index is -1.88. The second-order valence-corrected chi connectivity index (χ2v) is 6.05. The van der Waals surface area contributed by atoms with Crippen LogP contribution in [-0.4, -0.2) is 92.6 Å². The van der Waals surface area contributed by atoms with Gasteiger partial charge in [-0.25, -0.2) is 4.79 Å². The Balaban J connectivity index is 5.29. The molecule has 0 bridgehead atoms. The first kappa shape index (κ1) is 26.1. The maximum Gasteiger partial charge on any atom is 0.326 e. The number of nitrogens with two attached hydrogens (primary N) is 1. The van der Waals surface area contributed by atoms with Gasteiger partial charge < -0.3 is 42.1 Å². The van der Waals surface area contributed by atoms with E-state index < -0.39 is 79.2 Å². The summed E-state index contributed by atoms with van der Waals surface area (Å²) in [7, 11) is 0. The summed E-state index contributed by atoms with van der Waals surface area (Å²) in [5.41, 5.74) is 5.41. The van der Waals surface area contributed by atoms with Crippen LogP contribution in [0.25, 0.3) is 0 Å². The highest BCUT2D eigenvalue weighted by Gasteiger charge is 2.32. The monoisotopic (exact) mass is 438 g/mol. The van der Waals surface area contributed by atoms with Gasteiger partial charge in [0.05, 0.1) is 25.5 Å². The van der Waals surface area contributed by atoms with E-state index >= 15 is 0 Å². The highest BCUT2D eigenvalue weighted by atomic mass is 32.1. The fourth-order valence-electron chi connectivity index (χ4n) is 1.86. The van der Waals surface area contributed by atoms with Crippen LogP contribution in [0.2, 0.25) is 0 Å². The number of carboxylic acids is 3. The number of carboxylic acid groups (broad SMARTS) is 3. The number of aliphatic carboxylic acids is 3. The lowest BCUT2D eigenvalue weighted by molar-refractivity contribution is -0.148. The summed E-state index contributed by atoms with van der Waals surface area (Å²) < 4.78 is 0. The number of rotatable bonds is 13. The van der Waals surface area contributed by atoms with Crippen molar-refractivity contribution in [1.29, 1.82) is 0 Å². The topological polar surface area (TPSA) is 245 Å². The first-order valence-corrected chi connectivity index (χ1v) is 8.60. The Kier molecular flexibility index (Phi) is 11.3. The molecule has 0 aliphatic heterocycles. The molecule has 0 heterocycles. The Labute approximate surface area is 169 Å². The van der Waals surface area contributed by atoms with Gasteiger partial charge in [-0.2, -0.15) is 12.6 Å². The number of carbonyl (C=O) groups excluding carboxylic acids is 3. The van der Waals surface area contributed by atoms with Crippen molar-refractivity contribution in [3.8, 4) is 0 Å². The zero-order valence-electron chi connectivity index (χ0n) is 14.9. The Bertz CT molecular complexity index is 658. The van der Waals surface area contributed by atoms with Crippen LogP contribution in [-0.2, 0) is 28.8 Å². The molecule has 4 atom stereocenters. The quantitative estimate of drug-likeness (QED) is 0.124. The lowest BCUT2D eigenvalue weighted by atomic mass is 10.1. The molecule has 0 aromatic heterocycles. The molecule has 0 saturated heterocycles. The Hall–Kier alpha value is -2.91. The number of aliphatic hydroxyl groups excluding tert-OH is 1. The molecular weight excluding hydrogens is 416 g/mol. The van der Waals surface area contributed by atoms with Gasteiger partial charge >= 0.3 is 17.9 Å². The molecule has 3 amide bonds. The minimum Gasteiger partial charge on any atom is -0.481 e. The third-order valence-electron chi connectivity index (χ3n) is 3.35. The largest absolute Gasteiger partial charge is 0.481 e. The third-order valence-corrected chi connectivity index (χ3v) is 3.75. The minimum absolute atomic E-state index is 0.0736. The van der Waals surface area contributed by atoms with E-state index in [1.165, 1.54) is 0 Å². The van der Waals surface area contributed by atoms with Gasteiger partial charge in [0.1, 0.15) is 18.1 Å². The summed E-state index contributed by atoms with van der Waals surface area (Å²) in [6.45, 7) is -0.922. The summed E-state index contributed by atoms with van der Waals surface area (Å²) in [6, 6.07) is -6.40. The van der Waals surface area contributed by atoms with E-state index in [1.54, 1.807) is 5.32 Å². The van der Waals surface area contributed by atoms with Gasteiger partial charge in [-0.1, -0.05) is 0 Å². The Morgan fingerprint density at radius 1 is 0.759 bits per heavy atom. The van der Waals surface area contributed by atoms with E-state index in [4.69, 9.17) is 21.1 Å². The number of aliphatic hydroxyl groups is 1. The van der Waals surface area contributed by atoms with Gasteiger partial charge in [0.15, 0.2) is 0 Å². The average molecular weight is 438 g/mol. The molecule has 15 heteroatoms. The van der Waals surface area contributed by atoms with Gasteiger partial charge in [0.2, 0.25) is 17.7 Å². The van der Waals surface area contributed by atoms with Crippen molar-refractivity contribution in [1.82, 2.24) is 16.0 Å². The van der Waals surface area contributed by atoms with Gasteiger partial charge in [-0.3, -0.25) is 24.0 Å². The molecule has 0 radical (unpaired) electrons. The predicted molar refractivity (Wildman–Crippen MR) is 96.8 cm³/mol. The van der Waals surface area contributed by atoms with E-state index in [0.717, 1.165) is 0 Å². The fourth-order valence-corrected chi connectivity index (χ4v) is 2.02. The highest BCUT2D eigenvalue weighted by molar-refractivity contribution is 7.80. The van der Waals surface area contributed by atoms with Gasteiger partial charge in [0, 0.05) is 5.75 Å². The summed E-state index contributed by atoms with van der Waals surface area (Å²) in [5, 5.41) is 41.6. The third kappa shape index (κ3) is 9.72. The summed E-state index contributed by atoms with van der Waals surface area (Å²) in [5.74, 6) is -8.14. The van der Waals surface area contributed by atoms with Crippen LogP contribution in [0, 0.1) is 0 Å². The smallest absolute Gasteiger partial charge is 0.326 e. The van der Waals surface area contributed by atoms with E-state index in [9.17, 15) is 33.9 Å². The van der Waals surface area contributed by atoms with Crippen molar-refractivity contribution in [2.45, 2.75) is 37.0 Å². The summed E-state index contributed by atoms with van der Waals surface area (Å²) in [4.78, 5) is 68.7. The Morgan fingerprint density at radius 2 is 1.17 bits per heavy atom. The van der Waals surface area contributed by atoms with E-state index in [0.29, 0.717) is 0 Å². The van der Waals surface area contributed by atoms with Crippen molar-refractivity contribution in [3.05, 3.63) is 0 Å². The molecule has 0 aromatic rings. The molecule has 0 saturated carbocycles. The molecule has 0 aliphatic carbocycles. The lowest BCUT2D eigenvalue weighted by Crippen LogP contribution is -2.58. The molecule has 14 nitrogen and oxygen atoms in total. The second-order valence-electron chi connectivity index (χ2n) is 5.69. The maximum atomic E-state index is 12.2. The van der Waals surface area contributed by atoms with Crippen molar-refractivity contribution in [2.75, 3.05) is 12.4 Å². The van der Waals surface area contributed by atoms with Gasteiger partial charge in [-0.05, 0) is 0 Å². The van der Waals surface area contributed by atoms with E-state index in [2.05, 4.69) is 17.9 Å². The van der Waals surface area contributed by atoms with Crippen molar-refractivity contribution >= 4 is 48.3 Å². The van der Waals surface area contributed by atoms with Gasteiger partial charge in [0.25, 0.3) is 0 Å². The molecule has 9 N–H and O–H groups in total. The van der Waals surface area contributed by atoms with Crippen molar-refractivity contribution in [3.63, 3.8) is 0 Å². The zero-order valence-corrected chi connectivity index (χ0v) is 15.8. The van der Waals surface area contributed by atoms with Crippen molar-refractivity contribution < 1.29 is 49.2 Å². The van der Waals surface area contributed by atoms with Crippen LogP contribution < -0.4 is 21.7 Å². The Morgan fingerprint density at radius 3 is 1.59 bits per heavy atom. The maximum absolute atomic E-state index is 12.2. The number of thiol groups is 1. The zero-order chi connectivity index (χ0) is 22.7. The lowest BCUT2D eigenvalue weighted by Gasteiger charge is -2.23. The number of carbonyl (C=O) groups is 6. The van der Waals surface area contributed by atoms with Crippen LogP contribution in [0.3, 0.4) is 0 Å². The first-order valence-electron chi connectivity index (χ1n) is 7.97. The van der Waals surface area contributed by atoms with Gasteiger partial charge in [-0.15, -0.1) is 0 Å². The molecule has 29 heavy (non-hydrogen) atoms. The predicted octanol–water partition coefficient (Wildman–Crippen LogP) is -4.28. The fraction of sp³-hybridized carbons (Fsp3) is 0.571. The standard InChI is InChI=1S/C14H22N4O10S/c15-5(4-29)11(24)18-8(3-19)13(26)16-6(1-9(20)21)12(25)17-7(14(27)28)2-10(22)23/h5-8,19,29H,1-4,15H2,(H,16,26)(H,17,25)(H,18,24)(H,20,21)(H,22,23)(H,27,28). The molecule has 0 spiro atoms. The molecule has 0 rings (SSSR count). The van der Waals surface area contributed by atoms with Crippen LogP contribution in [0.4, 0.5) is 0 Å². The van der Waals surface area contributed by atoms with Crippen molar-refractivity contribution in [2.24, 2.45) is 5.73 Å². The first-order chi connectivity index (χ1) is 13.4. The summed E-state index contributed by atoms with van der Waals surface area (Å²) in [6.07, 6.45) is -1.98. The van der Waals surface area contributed by atoms with Crippen LogP contribution >= 0.6 is 12.6 Å². The van der Waals surface area contributed by atoms with Crippen LogP contribution in [0.1, 0.15) is 12.8 Å². The molecule has 0 fully saturated rings. The van der Waals surface area contributed by atoms with Crippen LogP contribution in [0.5, 0.6) is 0 Å².